The lowest BCUT2D eigenvalue weighted by Gasteiger charge is -2.13. The molecule has 6 aromatic carbocycles. The molecule has 12 N–H and O–H groups in total. The van der Waals surface area contributed by atoms with E-state index >= 15 is 0 Å². The van der Waals surface area contributed by atoms with E-state index in [1.807, 2.05) is 88.4 Å². The first-order valence-corrected chi connectivity index (χ1v) is 30.5. The zero-order chi connectivity index (χ0) is 67.4. The molecular formula is C63H70BBr3F2N14O8. The summed E-state index contributed by atoms with van der Waals surface area (Å²) in [4.78, 5) is 49.2. The molecule has 2 aromatic heterocycles. The number of benzene rings is 6. The van der Waals surface area contributed by atoms with Crippen LogP contribution in [0.2, 0.25) is 0 Å². The van der Waals surface area contributed by atoms with Crippen LogP contribution in [0.1, 0.15) is 87.2 Å². The van der Waals surface area contributed by atoms with Crippen molar-refractivity contribution in [2.75, 3.05) is 63.0 Å². The number of hydrogen-bond acceptors (Lipinski definition) is 18. The molecule has 0 aliphatic heterocycles. The Morgan fingerprint density at radius 1 is 0.648 bits per heavy atom. The van der Waals surface area contributed by atoms with Crippen LogP contribution in [0.5, 0.6) is 11.5 Å². The molecule has 0 fully saturated rings. The van der Waals surface area contributed by atoms with Crippen molar-refractivity contribution in [3.8, 4) is 28.7 Å². The van der Waals surface area contributed by atoms with Crippen LogP contribution in [0, 0.1) is 29.5 Å². The number of hydrogen-bond donors (Lipinski definition) is 9. The zero-order valence-electron chi connectivity index (χ0n) is 50.8. The van der Waals surface area contributed by atoms with Gasteiger partial charge in [0.2, 0.25) is 11.5 Å². The predicted molar refractivity (Wildman–Crippen MR) is 364 cm³/mol. The molecule has 0 spiro atoms. The van der Waals surface area contributed by atoms with Crippen molar-refractivity contribution in [3.63, 3.8) is 0 Å². The number of carbonyl (C=O) groups excluding carboxylic acids is 4. The van der Waals surface area contributed by atoms with Gasteiger partial charge in [-0.25, -0.2) is 15.4 Å². The third-order valence-corrected chi connectivity index (χ3v) is 14.1. The van der Waals surface area contributed by atoms with E-state index in [1.54, 1.807) is 42.5 Å². The molecule has 0 aliphatic rings. The van der Waals surface area contributed by atoms with Gasteiger partial charge in [0.25, 0.3) is 24.3 Å². The van der Waals surface area contributed by atoms with Gasteiger partial charge < -0.3 is 57.5 Å². The molecule has 0 unspecified atom stereocenters. The van der Waals surface area contributed by atoms with E-state index in [9.17, 15) is 28.0 Å². The van der Waals surface area contributed by atoms with Gasteiger partial charge in [-0.05, 0) is 128 Å². The van der Waals surface area contributed by atoms with Crippen molar-refractivity contribution in [3.05, 3.63) is 169 Å². The fourth-order valence-electron chi connectivity index (χ4n) is 7.46. The first-order chi connectivity index (χ1) is 43.7. The molecule has 0 aliphatic carbocycles. The van der Waals surface area contributed by atoms with Crippen LogP contribution in [0.15, 0.2) is 140 Å². The highest BCUT2D eigenvalue weighted by Crippen LogP contribution is 2.38. The van der Waals surface area contributed by atoms with Crippen LogP contribution >= 0.6 is 47.8 Å². The van der Waals surface area contributed by atoms with Crippen molar-refractivity contribution in [1.82, 2.24) is 36.3 Å². The van der Waals surface area contributed by atoms with Gasteiger partial charge in [-0.2, -0.15) is 10.4 Å². The topological polar surface area (TPSA) is 345 Å². The number of carbonyl (C=O) groups is 4. The zero-order valence-corrected chi connectivity index (χ0v) is 55.5. The first-order valence-electron chi connectivity index (χ1n) is 28.1. The number of hydrazone groups is 1. The van der Waals surface area contributed by atoms with E-state index in [2.05, 4.69) is 99.5 Å². The smallest absolute Gasteiger partial charge is 0.495 e. The Kier molecular flexibility index (Phi) is 34.4. The van der Waals surface area contributed by atoms with Gasteiger partial charge in [0.15, 0.2) is 11.4 Å². The normalized spacial score (nSPS) is 10.2. The summed E-state index contributed by atoms with van der Waals surface area (Å²) in [6, 6.07) is 36.0. The highest BCUT2D eigenvalue weighted by Gasteiger charge is 2.23. The maximum atomic E-state index is 14.5. The molecule has 2 heterocycles. The number of nitrogens with zero attached hydrogens (tertiary/aromatic N) is 7. The number of aromatic nitrogens is 4. The average molecular weight is 1440 g/mol. The van der Waals surface area contributed by atoms with Crippen LogP contribution in [0.3, 0.4) is 0 Å². The molecule has 0 saturated heterocycles. The lowest BCUT2D eigenvalue weighted by molar-refractivity contribution is -0.117. The SMILES string of the molecule is CCCNC(=O)/C(C#N)=N/Nc1ccccc1Br.CCCNC(=O)c1nnc2c(-c3c(F)cccc3OC)cccc2c1N.CCCNC(=O)c1nnc2c(Br)cccc2c1N.COc1cccc(F)c1B(O)O.Nc1ccccc1Br.[C-]#[N+]CC(=O)CCCC. The number of halogens is 5. The summed E-state index contributed by atoms with van der Waals surface area (Å²) in [5.74, 6) is -1.69. The standard InChI is InChI=1S/C19H19FN4O2.2C12H13BrN4O.C7H8BFO3.C7H11NO.C6H6BrN/c1-3-10-22-19(25)18-16(21)12-7-4-6-11(17(12)23-24-18)15-13(20)8-5-9-14(15)26-2;1-2-6-15-12(18)11-9(14)7-4-3-5-8(13)10(7)16-17-11;1-2-7-15-12(18)11(8-14)17-16-10-6-4-3-5-9(10)13;1-12-6-4-2-3-5(9)7(6)8(10)11;1-3-4-5-7(9)6-8-2;7-5-3-1-2-4-6(5)8/h4-9H,3,10H2,1-2H3,(H2,21,23)(H,22,25);3-5H,2,6H2,1H3,(H2,14,16)(H,15,18);3-6,16H,2,7H2,1H3,(H,15,18);2-4,10-11H,1H3;3-6H2,1H3;1-4H,8H2/b;;17-11+;;;. The van der Waals surface area contributed by atoms with Gasteiger partial charge >= 0.3 is 7.12 Å². The number of Topliss-reactive ketones (excluding diaryl/α,β-unsaturated/α-hetero) is 1. The minimum Gasteiger partial charge on any atom is -0.497 e. The summed E-state index contributed by atoms with van der Waals surface area (Å²) >= 11 is 9.98. The number of nitrogens with one attached hydrogen (secondary N) is 4. The second kappa shape index (κ2) is 41.2. The number of para-hydroxylation sites is 2. The second-order valence-electron chi connectivity index (χ2n) is 18.7. The Labute approximate surface area is 552 Å². The summed E-state index contributed by atoms with van der Waals surface area (Å²) in [5, 5.41) is 55.5. The van der Waals surface area contributed by atoms with Gasteiger partial charge in [-0.1, -0.05) is 101 Å². The predicted octanol–water partition coefficient (Wildman–Crippen LogP) is 10.8. The van der Waals surface area contributed by atoms with Gasteiger partial charge in [0.1, 0.15) is 40.2 Å². The van der Waals surface area contributed by atoms with Gasteiger partial charge in [0.05, 0.1) is 42.3 Å². The highest BCUT2D eigenvalue weighted by molar-refractivity contribution is 9.11. The first kappa shape index (κ1) is 76.1. The van der Waals surface area contributed by atoms with Crippen LogP contribution in [0.4, 0.5) is 31.5 Å². The number of unbranched alkanes of at least 4 members (excludes halogenated alkanes) is 1. The molecule has 3 amide bonds. The number of fused-ring (bicyclic) bond motifs is 2. The maximum Gasteiger partial charge on any atom is 0.495 e. The number of ether oxygens (including phenoxy) is 2. The minimum atomic E-state index is -1.85. The van der Waals surface area contributed by atoms with Crippen LogP contribution in [-0.2, 0) is 9.59 Å². The summed E-state index contributed by atoms with van der Waals surface area (Å²) in [7, 11) is 0.960. The Bertz CT molecular complexity index is 3820. The Morgan fingerprint density at radius 2 is 1.15 bits per heavy atom. The van der Waals surface area contributed by atoms with Crippen LogP contribution in [0.25, 0.3) is 37.8 Å². The number of methoxy groups -OCH3 is 2. The van der Waals surface area contributed by atoms with Crippen LogP contribution < -0.4 is 53.5 Å². The molecule has 8 aromatic rings. The summed E-state index contributed by atoms with van der Waals surface area (Å²) in [6.45, 7) is 16.0. The molecule has 22 nitrogen and oxygen atoms in total. The molecule has 28 heteroatoms. The molecular weight excluding hydrogens is 1370 g/mol. The fraction of sp³-hybridized carbons (Fsp3) is 0.254. The van der Waals surface area contributed by atoms with Gasteiger partial charge in [0, 0.05) is 61.5 Å². The number of nitrogen functional groups attached to an aromatic ring is 3. The fourth-order valence-corrected chi connectivity index (χ4v) is 8.57. The van der Waals surface area contributed by atoms with E-state index in [0.717, 1.165) is 62.7 Å². The third kappa shape index (κ3) is 23.9. The van der Waals surface area contributed by atoms with E-state index in [-0.39, 0.29) is 63.7 Å². The number of anilines is 4. The number of nitrogens with two attached hydrogens (primary N) is 3. The quantitative estimate of drug-likeness (QED) is 0.0119. The Balaban J connectivity index is 0.000000298. The Hall–Kier alpha value is -9.19. The molecule has 0 saturated carbocycles. The number of amides is 3. The molecule has 8 rings (SSSR count). The summed E-state index contributed by atoms with van der Waals surface area (Å²) in [6.07, 6.45) is 5.00. The maximum absolute atomic E-state index is 14.5. The molecule has 0 bridgehead atoms. The van der Waals surface area contributed by atoms with E-state index in [0.29, 0.717) is 65.2 Å². The molecule has 478 valence electrons. The van der Waals surface area contributed by atoms with Gasteiger partial charge in [-0.3, -0.25) is 24.6 Å². The van der Waals surface area contributed by atoms with Crippen molar-refractivity contribution >= 4 is 134 Å². The minimum absolute atomic E-state index is 0.0589. The third-order valence-electron chi connectivity index (χ3n) is 12.1. The number of rotatable bonds is 19. The van der Waals surface area contributed by atoms with Crippen molar-refractivity contribution in [2.45, 2.75) is 66.2 Å². The molecule has 91 heavy (non-hydrogen) atoms. The molecule has 0 radical (unpaired) electrons. The average Bonchev–Trinajstić information content (AvgIpc) is 0.822. The van der Waals surface area contributed by atoms with E-state index < -0.39 is 24.7 Å². The van der Waals surface area contributed by atoms with Gasteiger partial charge in [-0.15, -0.1) is 20.4 Å². The lowest BCUT2D eigenvalue weighted by atomic mass is 9.79. The monoisotopic (exact) mass is 1440 g/mol. The van der Waals surface area contributed by atoms with Crippen molar-refractivity contribution < 1.29 is 47.5 Å². The summed E-state index contributed by atoms with van der Waals surface area (Å²) in [5.41, 5.74) is 24.0. The largest absolute Gasteiger partial charge is 0.497 e. The highest BCUT2D eigenvalue weighted by atomic mass is 79.9. The Morgan fingerprint density at radius 3 is 1.66 bits per heavy atom. The second-order valence-corrected chi connectivity index (χ2v) is 21.3. The van der Waals surface area contributed by atoms with E-state index in [4.69, 9.17) is 48.6 Å². The van der Waals surface area contributed by atoms with Crippen LogP contribution in [-0.4, -0.2) is 107 Å². The van der Waals surface area contributed by atoms with Crippen molar-refractivity contribution in [1.29, 1.82) is 5.26 Å². The van der Waals surface area contributed by atoms with Crippen molar-refractivity contribution in [2.24, 2.45) is 5.10 Å². The van der Waals surface area contributed by atoms with E-state index in [1.165, 1.54) is 32.4 Å². The molecule has 0 atom stereocenters. The lowest BCUT2D eigenvalue weighted by Crippen LogP contribution is -2.33. The number of ketones is 1. The number of nitriles is 1. The summed E-state index contributed by atoms with van der Waals surface area (Å²) < 4.78 is 39.9.